The zero-order chi connectivity index (χ0) is 20.2. The van der Waals surface area contributed by atoms with Gasteiger partial charge in [-0.3, -0.25) is 9.69 Å². The van der Waals surface area contributed by atoms with Gasteiger partial charge in [0.05, 0.1) is 25.3 Å². The topological polar surface area (TPSA) is 59.1 Å². The van der Waals surface area contributed by atoms with Crippen LogP contribution in [0.4, 0.5) is 5.69 Å². The molecule has 29 heavy (non-hydrogen) atoms. The number of methoxy groups -OCH3 is 1. The van der Waals surface area contributed by atoms with E-state index in [2.05, 4.69) is 17.0 Å². The van der Waals surface area contributed by atoms with Gasteiger partial charge >= 0.3 is 5.97 Å². The molecule has 0 spiro atoms. The number of likely N-dealkylation sites (tertiary alicyclic amines) is 1. The maximum atomic E-state index is 13.5. The Morgan fingerprint density at radius 3 is 2.62 bits per heavy atom. The highest BCUT2D eigenvalue weighted by atomic mass is 16.6. The number of esters is 1. The molecule has 6 heteroatoms. The molecule has 0 radical (unpaired) electrons. The van der Waals surface area contributed by atoms with Crippen LogP contribution in [0.15, 0.2) is 54.6 Å². The van der Waals surface area contributed by atoms with Gasteiger partial charge < -0.3 is 14.4 Å². The molecule has 2 aromatic carbocycles. The number of anilines is 1. The third-order valence-electron chi connectivity index (χ3n) is 5.61. The second kappa shape index (κ2) is 8.66. The highest BCUT2D eigenvalue weighted by Gasteiger charge is 2.38. The summed E-state index contributed by atoms with van der Waals surface area (Å²) in [4.78, 5) is 29.6. The zero-order valence-electron chi connectivity index (χ0n) is 16.6. The quantitative estimate of drug-likeness (QED) is 0.747. The lowest BCUT2D eigenvalue weighted by molar-refractivity contribution is -0.148. The van der Waals surface area contributed by atoms with E-state index in [1.54, 1.807) is 11.0 Å². The summed E-state index contributed by atoms with van der Waals surface area (Å²) in [5, 5.41) is 0. The van der Waals surface area contributed by atoms with Crippen molar-refractivity contribution in [3.05, 3.63) is 60.2 Å². The summed E-state index contributed by atoms with van der Waals surface area (Å²) < 4.78 is 10.6. The fourth-order valence-corrected chi connectivity index (χ4v) is 4.16. The van der Waals surface area contributed by atoms with Crippen LogP contribution < -0.4 is 9.64 Å². The van der Waals surface area contributed by atoms with Crippen LogP contribution in [-0.4, -0.2) is 49.6 Å². The van der Waals surface area contributed by atoms with E-state index in [0.717, 1.165) is 38.2 Å². The van der Waals surface area contributed by atoms with Crippen LogP contribution in [0.5, 0.6) is 5.75 Å². The van der Waals surface area contributed by atoms with Crippen molar-refractivity contribution in [2.45, 2.75) is 25.5 Å². The van der Waals surface area contributed by atoms with Gasteiger partial charge in [0, 0.05) is 13.1 Å². The minimum Gasteiger partial charge on any atom is -0.475 e. The van der Waals surface area contributed by atoms with Crippen LogP contribution in [0.2, 0.25) is 0 Å². The van der Waals surface area contributed by atoms with Gasteiger partial charge in [-0.2, -0.15) is 0 Å². The lowest BCUT2D eigenvalue weighted by Crippen LogP contribution is -2.51. The maximum absolute atomic E-state index is 13.5. The van der Waals surface area contributed by atoms with Crippen molar-refractivity contribution in [1.82, 2.24) is 4.90 Å². The van der Waals surface area contributed by atoms with E-state index in [1.165, 1.54) is 12.7 Å². The Hall–Kier alpha value is -2.86. The molecular formula is C23H26N2O4. The van der Waals surface area contributed by atoms with Crippen molar-refractivity contribution in [3.63, 3.8) is 0 Å². The fourth-order valence-electron chi connectivity index (χ4n) is 4.16. The molecule has 0 bridgehead atoms. The minimum atomic E-state index is -0.803. The SMILES string of the molecule is COC(=O)C1CN(C(=O)C2CCCN(Cc3ccccc3)C2)c2ccccc2O1. The van der Waals surface area contributed by atoms with Gasteiger partial charge in [-0.1, -0.05) is 42.5 Å². The van der Waals surface area contributed by atoms with Crippen molar-refractivity contribution < 1.29 is 19.1 Å². The molecule has 2 aliphatic rings. The Labute approximate surface area is 171 Å². The number of hydrogen-bond donors (Lipinski definition) is 0. The molecule has 1 saturated heterocycles. The maximum Gasteiger partial charge on any atom is 0.348 e. The first-order valence-corrected chi connectivity index (χ1v) is 10.1. The molecule has 2 aliphatic heterocycles. The number of piperidine rings is 1. The monoisotopic (exact) mass is 394 g/mol. The Bertz CT molecular complexity index is 870. The molecule has 4 rings (SSSR count). The first-order valence-electron chi connectivity index (χ1n) is 10.1. The van der Waals surface area contributed by atoms with Crippen molar-refractivity contribution in [3.8, 4) is 5.75 Å². The average Bonchev–Trinajstić information content (AvgIpc) is 2.78. The molecule has 0 aliphatic carbocycles. The molecule has 6 nitrogen and oxygen atoms in total. The van der Waals surface area contributed by atoms with Gasteiger partial charge in [-0.15, -0.1) is 0 Å². The van der Waals surface area contributed by atoms with E-state index in [0.29, 0.717) is 5.75 Å². The van der Waals surface area contributed by atoms with Crippen LogP contribution in [0, 0.1) is 5.92 Å². The van der Waals surface area contributed by atoms with Gasteiger partial charge in [0.2, 0.25) is 12.0 Å². The number of amides is 1. The van der Waals surface area contributed by atoms with E-state index in [4.69, 9.17) is 9.47 Å². The van der Waals surface area contributed by atoms with Crippen molar-refractivity contribution in [2.24, 2.45) is 5.92 Å². The molecule has 2 unspecified atom stereocenters. The van der Waals surface area contributed by atoms with Crippen LogP contribution in [0.3, 0.4) is 0 Å². The highest BCUT2D eigenvalue weighted by Crippen LogP contribution is 2.35. The Balaban J connectivity index is 1.51. The number of rotatable bonds is 4. The van der Waals surface area contributed by atoms with Crippen molar-refractivity contribution in [1.29, 1.82) is 0 Å². The van der Waals surface area contributed by atoms with Gasteiger partial charge in [0.1, 0.15) is 5.75 Å². The zero-order valence-corrected chi connectivity index (χ0v) is 16.6. The minimum absolute atomic E-state index is 0.0485. The van der Waals surface area contributed by atoms with Gasteiger partial charge in [-0.05, 0) is 37.1 Å². The number of ether oxygens (including phenoxy) is 2. The number of carbonyl (C=O) groups is 2. The fraction of sp³-hybridized carbons (Fsp3) is 0.391. The predicted octanol–water partition coefficient (Wildman–Crippen LogP) is 2.87. The largest absolute Gasteiger partial charge is 0.475 e. The van der Waals surface area contributed by atoms with Gasteiger partial charge in [0.15, 0.2) is 0 Å². The molecule has 0 N–H and O–H groups in total. The van der Waals surface area contributed by atoms with Gasteiger partial charge in [0.25, 0.3) is 0 Å². The molecular weight excluding hydrogens is 368 g/mol. The smallest absolute Gasteiger partial charge is 0.348 e. The van der Waals surface area contributed by atoms with E-state index in [9.17, 15) is 9.59 Å². The number of benzene rings is 2. The molecule has 1 fully saturated rings. The molecule has 1 amide bonds. The summed E-state index contributed by atoms with van der Waals surface area (Å²) in [6.07, 6.45) is 1.03. The van der Waals surface area contributed by atoms with E-state index in [1.807, 2.05) is 36.4 Å². The van der Waals surface area contributed by atoms with Crippen LogP contribution >= 0.6 is 0 Å². The van der Waals surface area contributed by atoms with Crippen LogP contribution in [-0.2, 0) is 20.9 Å². The summed E-state index contributed by atoms with van der Waals surface area (Å²) in [5.74, 6) is 0.0235. The third kappa shape index (κ3) is 4.27. The Kier molecular flexibility index (Phi) is 5.81. The lowest BCUT2D eigenvalue weighted by Gasteiger charge is -2.38. The normalized spacial score (nSPS) is 21.8. The van der Waals surface area contributed by atoms with Gasteiger partial charge in [-0.25, -0.2) is 4.79 Å². The first kappa shape index (κ1) is 19.5. The van der Waals surface area contributed by atoms with E-state index >= 15 is 0 Å². The van der Waals surface area contributed by atoms with Crippen LogP contribution in [0.25, 0.3) is 0 Å². The molecule has 2 aromatic rings. The predicted molar refractivity (Wildman–Crippen MR) is 110 cm³/mol. The standard InChI is InChI=1S/C23H26N2O4/c1-28-23(27)21-16-25(19-11-5-6-12-20(19)29-21)22(26)18-10-7-13-24(15-18)14-17-8-3-2-4-9-17/h2-6,8-9,11-12,18,21H,7,10,13-16H2,1H3. The van der Waals surface area contributed by atoms with Crippen molar-refractivity contribution in [2.75, 3.05) is 31.6 Å². The number of carbonyl (C=O) groups excluding carboxylic acids is 2. The molecule has 2 atom stereocenters. The first-order chi connectivity index (χ1) is 14.2. The van der Waals surface area contributed by atoms with E-state index in [-0.39, 0.29) is 18.4 Å². The molecule has 2 heterocycles. The number of hydrogen-bond acceptors (Lipinski definition) is 5. The molecule has 0 aromatic heterocycles. The summed E-state index contributed by atoms with van der Waals surface area (Å²) in [6, 6.07) is 17.7. The summed E-state index contributed by atoms with van der Waals surface area (Å²) >= 11 is 0. The summed E-state index contributed by atoms with van der Waals surface area (Å²) in [5.41, 5.74) is 1.97. The number of nitrogens with zero attached hydrogens (tertiary/aromatic N) is 2. The number of para-hydroxylation sites is 2. The summed E-state index contributed by atoms with van der Waals surface area (Å²) in [7, 11) is 1.33. The number of fused-ring (bicyclic) bond motifs is 1. The summed E-state index contributed by atoms with van der Waals surface area (Å²) in [6.45, 7) is 2.73. The lowest BCUT2D eigenvalue weighted by atomic mass is 9.95. The molecule has 152 valence electrons. The second-order valence-electron chi connectivity index (χ2n) is 7.61. The third-order valence-corrected chi connectivity index (χ3v) is 5.61. The Morgan fingerprint density at radius 1 is 1.07 bits per heavy atom. The van der Waals surface area contributed by atoms with Crippen molar-refractivity contribution >= 4 is 17.6 Å². The Morgan fingerprint density at radius 2 is 1.83 bits per heavy atom. The molecule has 0 saturated carbocycles. The highest BCUT2D eigenvalue weighted by molar-refractivity contribution is 5.98. The second-order valence-corrected chi connectivity index (χ2v) is 7.61. The van der Waals surface area contributed by atoms with Crippen LogP contribution in [0.1, 0.15) is 18.4 Å². The average molecular weight is 394 g/mol. The van der Waals surface area contributed by atoms with E-state index < -0.39 is 12.1 Å².